The van der Waals surface area contributed by atoms with Crippen molar-refractivity contribution in [1.82, 2.24) is 0 Å². The number of amidine groups is 1. The Bertz CT molecular complexity index is 659. The molecule has 0 atom stereocenters. The number of anilines is 1. The Hall–Kier alpha value is -2.16. The molecule has 1 aliphatic heterocycles. The first kappa shape index (κ1) is 12.9. The van der Waals surface area contributed by atoms with Crippen LogP contribution < -0.4 is 4.90 Å². The van der Waals surface area contributed by atoms with Crippen LogP contribution in [0.2, 0.25) is 0 Å². The van der Waals surface area contributed by atoms with Crippen LogP contribution in [0.1, 0.15) is 36.5 Å². The Kier molecular flexibility index (Phi) is 3.05. The minimum absolute atomic E-state index is 0.287. The van der Waals surface area contributed by atoms with E-state index in [1.165, 1.54) is 17.7 Å². The molecule has 3 heteroatoms. The maximum absolute atomic E-state index is 13.3. The SMILES string of the molecule is CC(C)c1ccc(N2Cc3ccc(F)cc3C2=N)cc1. The van der Waals surface area contributed by atoms with Gasteiger partial charge in [0.1, 0.15) is 11.7 Å². The van der Waals surface area contributed by atoms with Crippen molar-refractivity contribution < 1.29 is 4.39 Å². The molecular weight excluding hydrogens is 251 g/mol. The van der Waals surface area contributed by atoms with Crippen LogP contribution in [0, 0.1) is 11.2 Å². The average Bonchev–Trinajstić information content (AvgIpc) is 2.76. The second-order valence-corrected chi connectivity index (χ2v) is 5.48. The van der Waals surface area contributed by atoms with Crippen LogP contribution in [0.3, 0.4) is 0 Å². The van der Waals surface area contributed by atoms with E-state index in [9.17, 15) is 4.39 Å². The summed E-state index contributed by atoms with van der Waals surface area (Å²) in [5.41, 5.74) is 3.96. The van der Waals surface area contributed by atoms with Crippen molar-refractivity contribution in [3.05, 3.63) is 65.0 Å². The van der Waals surface area contributed by atoms with Gasteiger partial charge in [-0.15, -0.1) is 0 Å². The predicted octanol–water partition coefficient (Wildman–Crippen LogP) is 4.29. The molecule has 0 fully saturated rings. The fraction of sp³-hybridized carbons (Fsp3) is 0.235. The topological polar surface area (TPSA) is 27.1 Å². The minimum atomic E-state index is -0.287. The smallest absolute Gasteiger partial charge is 0.133 e. The third-order valence-corrected chi connectivity index (χ3v) is 3.80. The minimum Gasteiger partial charge on any atom is -0.322 e. The van der Waals surface area contributed by atoms with E-state index in [0.29, 0.717) is 23.9 Å². The number of hydrogen-bond donors (Lipinski definition) is 1. The van der Waals surface area contributed by atoms with E-state index in [4.69, 9.17) is 5.41 Å². The molecule has 1 N–H and O–H groups in total. The molecule has 20 heavy (non-hydrogen) atoms. The lowest BCUT2D eigenvalue weighted by atomic mass is 10.0. The van der Waals surface area contributed by atoms with Gasteiger partial charge in [-0.1, -0.05) is 32.0 Å². The Labute approximate surface area is 118 Å². The Morgan fingerprint density at radius 3 is 2.45 bits per heavy atom. The third kappa shape index (κ3) is 2.09. The quantitative estimate of drug-likeness (QED) is 0.864. The highest BCUT2D eigenvalue weighted by molar-refractivity contribution is 6.11. The molecule has 1 aliphatic rings. The van der Waals surface area contributed by atoms with Crippen LogP contribution in [0.15, 0.2) is 42.5 Å². The molecule has 0 saturated heterocycles. The molecule has 2 nitrogen and oxygen atoms in total. The third-order valence-electron chi connectivity index (χ3n) is 3.80. The van der Waals surface area contributed by atoms with E-state index in [2.05, 4.69) is 26.0 Å². The van der Waals surface area contributed by atoms with Crippen LogP contribution in [-0.4, -0.2) is 5.84 Å². The summed E-state index contributed by atoms with van der Waals surface area (Å²) >= 11 is 0. The summed E-state index contributed by atoms with van der Waals surface area (Å²) in [5.74, 6) is 0.579. The molecule has 0 radical (unpaired) electrons. The number of nitrogens with one attached hydrogen (secondary N) is 1. The van der Waals surface area contributed by atoms with E-state index in [-0.39, 0.29) is 5.82 Å². The summed E-state index contributed by atoms with van der Waals surface area (Å²) in [6.07, 6.45) is 0. The van der Waals surface area contributed by atoms with Crippen molar-refractivity contribution in [3.63, 3.8) is 0 Å². The van der Waals surface area contributed by atoms with Gasteiger partial charge in [-0.2, -0.15) is 0 Å². The van der Waals surface area contributed by atoms with Crippen LogP contribution in [0.4, 0.5) is 10.1 Å². The van der Waals surface area contributed by atoms with E-state index >= 15 is 0 Å². The maximum Gasteiger partial charge on any atom is 0.133 e. The van der Waals surface area contributed by atoms with Gasteiger partial charge in [0.15, 0.2) is 0 Å². The number of rotatable bonds is 2. The highest BCUT2D eigenvalue weighted by atomic mass is 19.1. The standard InChI is InChI=1S/C17H17FN2/c1-11(2)12-4-7-15(8-5-12)20-10-13-3-6-14(18)9-16(13)17(20)19/h3-9,11,19H,10H2,1-2H3. The zero-order chi connectivity index (χ0) is 14.3. The second kappa shape index (κ2) is 4.75. The van der Waals surface area contributed by atoms with Gasteiger partial charge in [0, 0.05) is 11.3 Å². The summed E-state index contributed by atoms with van der Waals surface area (Å²) in [4.78, 5) is 1.91. The van der Waals surface area contributed by atoms with Crippen molar-refractivity contribution >= 4 is 11.5 Å². The first-order valence-electron chi connectivity index (χ1n) is 6.81. The van der Waals surface area contributed by atoms with Crippen LogP contribution in [0.25, 0.3) is 0 Å². The van der Waals surface area contributed by atoms with Crippen molar-refractivity contribution in [3.8, 4) is 0 Å². The van der Waals surface area contributed by atoms with Gasteiger partial charge < -0.3 is 4.90 Å². The molecule has 3 rings (SSSR count). The van der Waals surface area contributed by atoms with Gasteiger partial charge in [-0.25, -0.2) is 4.39 Å². The summed E-state index contributed by atoms with van der Waals surface area (Å²) in [6.45, 7) is 4.95. The van der Waals surface area contributed by atoms with Crippen LogP contribution in [-0.2, 0) is 6.54 Å². The zero-order valence-corrected chi connectivity index (χ0v) is 11.7. The number of hydrogen-bond acceptors (Lipinski definition) is 1. The molecule has 0 aliphatic carbocycles. The highest BCUT2D eigenvalue weighted by Crippen LogP contribution is 2.29. The van der Waals surface area contributed by atoms with E-state index in [0.717, 1.165) is 11.3 Å². The predicted molar refractivity (Wildman–Crippen MR) is 79.9 cm³/mol. The van der Waals surface area contributed by atoms with E-state index < -0.39 is 0 Å². The van der Waals surface area contributed by atoms with Crippen molar-refractivity contribution in [2.75, 3.05) is 4.90 Å². The summed E-state index contributed by atoms with van der Waals surface area (Å²) in [5, 5.41) is 8.22. The largest absolute Gasteiger partial charge is 0.322 e. The Morgan fingerprint density at radius 2 is 1.80 bits per heavy atom. The first-order valence-corrected chi connectivity index (χ1v) is 6.81. The van der Waals surface area contributed by atoms with E-state index in [1.54, 1.807) is 6.07 Å². The van der Waals surface area contributed by atoms with Gasteiger partial charge in [0.2, 0.25) is 0 Å². The Morgan fingerprint density at radius 1 is 1.10 bits per heavy atom. The zero-order valence-electron chi connectivity index (χ0n) is 11.7. The fourth-order valence-corrected chi connectivity index (χ4v) is 2.56. The van der Waals surface area contributed by atoms with Crippen molar-refractivity contribution in [2.24, 2.45) is 0 Å². The molecule has 0 spiro atoms. The van der Waals surface area contributed by atoms with Crippen LogP contribution >= 0.6 is 0 Å². The van der Waals surface area contributed by atoms with Crippen molar-refractivity contribution in [1.29, 1.82) is 5.41 Å². The molecule has 1 heterocycles. The molecule has 2 aromatic rings. The molecule has 0 saturated carbocycles. The van der Waals surface area contributed by atoms with Gasteiger partial charge in [-0.05, 0) is 41.3 Å². The average molecular weight is 268 g/mol. The van der Waals surface area contributed by atoms with Crippen molar-refractivity contribution in [2.45, 2.75) is 26.3 Å². The fourth-order valence-electron chi connectivity index (χ4n) is 2.56. The number of halogens is 1. The molecule has 0 bridgehead atoms. The monoisotopic (exact) mass is 268 g/mol. The Balaban J connectivity index is 1.92. The highest BCUT2D eigenvalue weighted by Gasteiger charge is 2.25. The van der Waals surface area contributed by atoms with Crippen LogP contribution in [0.5, 0.6) is 0 Å². The number of benzene rings is 2. The van der Waals surface area contributed by atoms with Gasteiger partial charge in [0.05, 0.1) is 6.54 Å². The van der Waals surface area contributed by atoms with Gasteiger partial charge in [0.25, 0.3) is 0 Å². The molecule has 0 unspecified atom stereocenters. The lowest BCUT2D eigenvalue weighted by molar-refractivity contribution is 0.627. The van der Waals surface area contributed by atoms with Gasteiger partial charge >= 0.3 is 0 Å². The lowest BCUT2D eigenvalue weighted by Gasteiger charge is -2.18. The second-order valence-electron chi connectivity index (χ2n) is 5.48. The van der Waals surface area contributed by atoms with E-state index in [1.807, 2.05) is 17.0 Å². The molecule has 102 valence electrons. The molecular formula is C17H17FN2. The summed E-state index contributed by atoms with van der Waals surface area (Å²) in [7, 11) is 0. The first-order chi connectivity index (χ1) is 9.56. The molecule has 0 amide bonds. The summed E-state index contributed by atoms with van der Waals surface area (Å²) in [6, 6.07) is 12.9. The maximum atomic E-state index is 13.3. The normalized spacial score (nSPS) is 14.0. The molecule has 0 aromatic heterocycles. The lowest BCUT2D eigenvalue weighted by Crippen LogP contribution is -2.22. The number of fused-ring (bicyclic) bond motifs is 1. The summed E-state index contributed by atoms with van der Waals surface area (Å²) < 4.78 is 13.3. The molecule has 2 aromatic carbocycles. The van der Waals surface area contributed by atoms with Gasteiger partial charge in [-0.3, -0.25) is 5.41 Å². The number of nitrogens with zero attached hydrogens (tertiary/aromatic N) is 1.